The lowest BCUT2D eigenvalue weighted by atomic mass is 9.85. The standard InChI is InChI=1S/C20H26O2/c1-15(10-11-17-8-6-5-7-9-17)16(2)18-12-13-19(21-3)20(14-18)22-4/h5-9,12-16H,10-11H2,1-4H3. The molecule has 118 valence electrons. The predicted molar refractivity (Wildman–Crippen MR) is 91.9 cm³/mol. The summed E-state index contributed by atoms with van der Waals surface area (Å²) in [7, 11) is 3.36. The first-order valence-corrected chi connectivity index (χ1v) is 7.91. The van der Waals surface area contributed by atoms with E-state index in [4.69, 9.17) is 9.47 Å². The Morgan fingerprint density at radius 2 is 1.55 bits per heavy atom. The van der Waals surface area contributed by atoms with E-state index in [2.05, 4.69) is 56.3 Å². The van der Waals surface area contributed by atoms with Gasteiger partial charge in [-0.25, -0.2) is 0 Å². The summed E-state index contributed by atoms with van der Waals surface area (Å²) in [5, 5.41) is 0. The Morgan fingerprint density at radius 3 is 2.18 bits per heavy atom. The van der Waals surface area contributed by atoms with Crippen LogP contribution in [0.2, 0.25) is 0 Å². The van der Waals surface area contributed by atoms with Crippen LogP contribution in [-0.2, 0) is 6.42 Å². The maximum Gasteiger partial charge on any atom is 0.160 e. The van der Waals surface area contributed by atoms with E-state index in [1.807, 2.05) is 6.07 Å². The van der Waals surface area contributed by atoms with Crippen LogP contribution < -0.4 is 9.47 Å². The van der Waals surface area contributed by atoms with Crippen molar-refractivity contribution in [1.29, 1.82) is 0 Å². The van der Waals surface area contributed by atoms with Crippen LogP contribution in [-0.4, -0.2) is 14.2 Å². The summed E-state index contributed by atoms with van der Waals surface area (Å²) in [6.45, 7) is 4.61. The SMILES string of the molecule is COc1ccc(C(C)C(C)CCc2ccccc2)cc1OC. The second-order valence-corrected chi connectivity index (χ2v) is 5.90. The van der Waals surface area contributed by atoms with Crippen LogP contribution in [0.3, 0.4) is 0 Å². The van der Waals surface area contributed by atoms with Gasteiger partial charge in [0.25, 0.3) is 0 Å². The molecular formula is C20H26O2. The van der Waals surface area contributed by atoms with Gasteiger partial charge in [-0.15, -0.1) is 0 Å². The zero-order valence-corrected chi connectivity index (χ0v) is 14.0. The molecular weight excluding hydrogens is 272 g/mol. The van der Waals surface area contributed by atoms with Gasteiger partial charge >= 0.3 is 0 Å². The monoisotopic (exact) mass is 298 g/mol. The van der Waals surface area contributed by atoms with E-state index in [0.29, 0.717) is 11.8 Å². The predicted octanol–water partition coefficient (Wildman–Crippen LogP) is 5.08. The molecule has 0 N–H and O–H groups in total. The maximum absolute atomic E-state index is 5.41. The van der Waals surface area contributed by atoms with Gasteiger partial charge in [0, 0.05) is 0 Å². The molecule has 2 heteroatoms. The van der Waals surface area contributed by atoms with Crippen LogP contribution in [0, 0.1) is 5.92 Å². The fourth-order valence-electron chi connectivity index (χ4n) is 2.75. The van der Waals surface area contributed by atoms with E-state index < -0.39 is 0 Å². The third-order valence-electron chi connectivity index (χ3n) is 4.52. The quantitative estimate of drug-likeness (QED) is 0.710. The first-order chi connectivity index (χ1) is 10.7. The van der Waals surface area contributed by atoms with Crippen molar-refractivity contribution in [2.24, 2.45) is 5.92 Å². The van der Waals surface area contributed by atoms with Gasteiger partial charge in [-0.05, 0) is 47.9 Å². The average molecular weight is 298 g/mol. The van der Waals surface area contributed by atoms with Gasteiger partial charge in [0.1, 0.15) is 0 Å². The fourth-order valence-corrected chi connectivity index (χ4v) is 2.75. The largest absolute Gasteiger partial charge is 0.493 e. The summed E-state index contributed by atoms with van der Waals surface area (Å²) < 4.78 is 10.7. The third kappa shape index (κ3) is 4.03. The minimum Gasteiger partial charge on any atom is -0.493 e. The van der Waals surface area contributed by atoms with Gasteiger partial charge < -0.3 is 9.47 Å². The Kier molecular flexibility index (Phi) is 5.88. The van der Waals surface area contributed by atoms with Gasteiger partial charge in [0.05, 0.1) is 14.2 Å². The molecule has 0 bridgehead atoms. The molecule has 0 saturated carbocycles. The Morgan fingerprint density at radius 1 is 0.864 bits per heavy atom. The molecule has 0 aliphatic carbocycles. The molecule has 0 aliphatic rings. The first-order valence-electron chi connectivity index (χ1n) is 7.91. The van der Waals surface area contributed by atoms with Crippen molar-refractivity contribution in [2.45, 2.75) is 32.6 Å². The van der Waals surface area contributed by atoms with Crippen LogP contribution in [0.1, 0.15) is 37.3 Å². The topological polar surface area (TPSA) is 18.5 Å². The van der Waals surface area contributed by atoms with Crippen LogP contribution in [0.5, 0.6) is 11.5 Å². The molecule has 0 heterocycles. The van der Waals surface area contributed by atoms with Crippen molar-refractivity contribution >= 4 is 0 Å². The highest BCUT2D eigenvalue weighted by Gasteiger charge is 2.16. The summed E-state index contributed by atoms with van der Waals surface area (Å²) in [5.41, 5.74) is 2.71. The molecule has 2 unspecified atom stereocenters. The molecule has 2 atom stereocenters. The second kappa shape index (κ2) is 7.88. The van der Waals surface area contributed by atoms with Crippen molar-refractivity contribution in [3.05, 3.63) is 59.7 Å². The number of rotatable bonds is 7. The van der Waals surface area contributed by atoms with Gasteiger partial charge in [-0.2, -0.15) is 0 Å². The Bertz CT molecular complexity index is 578. The van der Waals surface area contributed by atoms with E-state index in [9.17, 15) is 0 Å². The molecule has 0 amide bonds. The normalized spacial score (nSPS) is 13.5. The van der Waals surface area contributed by atoms with Crippen molar-refractivity contribution < 1.29 is 9.47 Å². The van der Waals surface area contributed by atoms with Crippen molar-refractivity contribution in [3.63, 3.8) is 0 Å². The van der Waals surface area contributed by atoms with E-state index in [0.717, 1.165) is 17.9 Å². The molecule has 2 aromatic rings. The minimum atomic E-state index is 0.489. The number of methoxy groups -OCH3 is 2. The van der Waals surface area contributed by atoms with E-state index in [-0.39, 0.29) is 0 Å². The summed E-state index contributed by atoms with van der Waals surface area (Å²) in [6, 6.07) is 16.9. The smallest absolute Gasteiger partial charge is 0.160 e. The zero-order valence-electron chi connectivity index (χ0n) is 14.0. The van der Waals surface area contributed by atoms with Gasteiger partial charge in [0.15, 0.2) is 11.5 Å². The Hall–Kier alpha value is -1.96. The molecule has 0 radical (unpaired) electrons. The van der Waals surface area contributed by atoms with Crippen molar-refractivity contribution in [2.75, 3.05) is 14.2 Å². The number of hydrogen-bond donors (Lipinski definition) is 0. The molecule has 0 saturated heterocycles. The van der Waals surface area contributed by atoms with Crippen molar-refractivity contribution in [3.8, 4) is 11.5 Å². The van der Waals surface area contributed by atoms with Crippen molar-refractivity contribution in [1.82, 2.24) is 0 Å². The van der Waals surface area contributed by atoms with E-state index in [1.165, 1.54) is 17.5 Å². The molecule has 2 nitrogen and oxygen atoms in total. The molecule has 0 aliphatic heterocycles. The highest BCUT2D eigenvalue weighted by molar-refractivity contribution is 5.43. The molecule has 0 spiro atoms. The number of hydrogen-bond acceptors (Lipinski definition) is 2. The number of aryl methyl sites for hydroxylation is 1. The highest BCUT2D eigenvalue weighted by Crippen LogP contribution is 2.34. The van der Waals surface area contributed by atoms with E-state index >= 15 is 0 Å². The summed E-state index contributed by atoms with van der Waals surface area (Å²) >= 11 is 0. The molecule has 0 fully saturated rings. The van der Waals surface area contributed by atoms with E-state index in [1.54, 1.807) is 14.2 Å². The molecule has 22 heavy (non-hydrogen) atoms. The highest BCUT2D eigenvalue weighted by atomic mass is 16.5. The molecule has 2 rings (SSSR count). The summed E-state index contributed by atoms with van der Waals surface area (Å²) in [6.07, 6.45) is 2.30. The van der Waals surface area contributed by atoms with Gasteiger partial charge in [-0.3, -0.25) is 0 Å². The molecule has 2 aromatic carbocycles. The average Bonchev–Trinajstić information content (AvgIpc) is 2.59. The van der Waals surface area contributed by atoms with Crippen LogP contribution in [0.25, 0.3) is 0 Å². The Balaban J connectivity index is 2.02. The molecule has 0 aromatic heterocycles. The van der Waals surface area contributed by atoms with Gasteiger partial charge in [-0.1, -0.05) is 50.2 Å². The lowest BCUT2D eigenvalue weighted by molar-refractivity contribution is 0.353. The number of benzene rings is 2. The second-order valence-electron chi connectivity index (χ2n) is 5.90. The summed E-state index contributed by atoms with van der Waals surface area (Å²) in [5.74, 6) is 2.69. The van der Waals surface area contributed by atoms with Crippen LogP contribution >= 0.6 is 0 Å². The van der Waals surface area contributed by atoms with Crippen LogP contribution in [0.4, 0.5) is 0 Å². The van der Waals surface area contributed by atoms with Gasteiger partial charge in [0.2, 0.25) is 0 Å². The fraction of sp³-hybridized carbons (Fsp3) is 0.400. The minimum absolute atomic E-state index is 0.489. The maximum atomic E-state index is 5.41. The van der Waals surface area contributed by atoms with Crippen LogP contribution in [0.15, 0.2) is 48.5 Å². The lowest BCUT2D eigenvalue weighted by Gasteiger charge is -2.21. The lowest BCUT2D eigenvalue weighted by Crippen LogP contribution is -2.08. The zero-order chi connectivity index (χ0) is 15.9. The first kappa shape index (κ1) is 16.4. The number of ether oxygens (including phenoxy) is 2. The Labute approximate surface area is 134 Å². The third-order valence-corrected chi connectivity index (χ3v) is 4.52. The summed E-state index contributed by atoms with van der Waals surface area (Å²) in [4.78, 5) is 0.